The molecule has 3 heterocycles. The van der Waals surface area contributed by atoms with Crippen LogP contribution in [0.15, 0.2) is 16.3 Å². The number of carbonyl (C=O) groups is 1. The molecule has 3 unspecified atom stereocenters. The number of piperidine rings is 1. The Balaban J connectivity index is 1.74. The molecule has 1 aromatic rings. The van der Waals surface area contributed by atoms with Crippen molar-refractivity contribution in [2.24, 2.45) is 5.92 Å². The zero-order valence-corrected chi connectivity index (χ0v) is 15.8. The summed E-state index contributed by atoms with van der Waals surface area (Å²) in [4.78, 5) is 13.7. The van der Waals surface area contributed by atoms with Crippen molar-refractivity contribution in [3.63, 3.8) is 0 Å². The van der Waals surface area contributed by atoms with E-state index < -0.39 is 16.1 Å². The lowest BCUT2D eigenvalue weighted by molar-refractivity contribution is -0.125. The SMILES string of the molecule is Cc1ccc(S(=O)(=O)N2CCCC2C(=O)NC2CCNCC2C)s1. The van der Waals surface area contributed by atoms with Crippen molar-refractivity contribution in [1.29, 1.82) is 0 Å². The molecule has 0 saturated carbocycles. The second-order valence-electron chi connectivity index (χ2n) is 6.72. The molecule has 2 aliphatic rings. The summed E-state index contributed by atoms with van der Waals surface area (Å²) in [5.74, 6) is 0.206. The molecule has 0 bridgehead atoms. The first kappa shape index (κ1) is 17.8. The number of aryl methyl sites for hydroxylation is 1. The number of hydrogen-bond donors (Lipinski definition) is 2. The molecular formula is C16H25N3O3S2. The molecule has 2 aliphatic heterocycles. The van der Waals surface area contributed by atoms with Gasteiger partial charge in [-0.05, 0) is 57.3 Å². The van der Waals surface area contributed by atoms with Gasteiger partial charge in [0.1, 0.15) is 10.3 Å². The molecule has 0 aromatic carbocycles. The van der Waals surface area contributed by atoms with Gasteiger partial charge in [-0.15, -0.1) is 11.3 Å². The van der Waals surface area contributed by atoms with Crippen molar-refractivity contribution in [2.75, 3.05) is 19.6 Å². The van der Waals surface area contributed by atoms with E-state index in [4.69, 9.17) is 0 Å². The van der Waals surface area contributed by atoms with Crippen LogP contribution in [-0.4, -0.2) is 50.3 Å². The molecule has 3 rings (SSSR count). The first-order valence-electron chi connectivity index (χ1n) is 8.49. The van der Waals surface area contributed by atoms with Crippen LogP contribution in [0.3, 0.4) is 0 Å². The quantitative estimate of drug-likeness (QED) is 0.837. The minimum absolute atomic E-state index is 0.118. The molecule has 1 amide bonds. The predicted octanol–water partition coefficient (Wildman–Crippen LogP) is 1.32. The van der Waals surface area contributed by atoms with Crippen LogP contribution in [0.2, 0.25) is 0 Å². The summed E-state index contributed by atoms with van der Waals surface area (Å²) in [6.07, 6.45) is 2.20. The minimum Gasteiger partial charge on any atom is -0.352 e. The highest BCUT2D eigenvalue weighted by Gasteiger charge is 2.40. The lowest BCUT2D eigenvalue weighted by Crippen LogP contribution is -2.53. The average Bonchev–Trinajstić information content (AvgIpc) is 3.18. The highest BCUT2D eigenvalue weighted by atomic mass is 32.2. The number of nitrogens with one attached hydrogen (secondary N) is 2. The smallest absolute Gasteiger partial charge is 0.253 e. The summed E-state index contributed by atoms with van der Waals surface area (Å²) in [5.41, 5.74) is 0. The topological polar surface area (TPSA) is 78.5 Å². The van der Waals surface area contributed by atoms with Crippen molar-refractivity contribution < 1.29 is 13.2 Å². The van der Waals surface area contributed by atoms with Gasteiger partial charge in [0, 0.05) is 17.5 Å². The molecule has 2 fully saturated rings. The summed E-state index contributed by atoms with van der Waals surface area (Å²) >= 11 is 1.26. The van der Waals surface area contributed by atoms with Gasteiger partial charge >= 0.3 is 0 Å². The van der Waals surface area contributed by atoms with Crippen molar-refractivity contribution in [3.05, 3.63) is 17.0 Å². The van der Waals surface area contributed by atoms with Gasteiger partial charge in [-0.25, -0.2) is 8.42 Å². The zero-order valence-electron chi connectivity index (χ0n) is 14.1. The molecule has 2 N–H and O–H groups in total. The maximum Gasteiger partial charge on any atom is 0.253 e. The van der Waals surface area contributed by atoms with Crippen molar-refractivity contribution >= 4 is 27.3 Å². The van der Waals surface area contributed by atoms with Gasteiger partial charge in [-0.1, -0.05) is 6.92 Å². The number of nitrogens with zero attached hydrogens (tertiary/aromatic N) is 1. The molecule has 6 nitrogen and oxygen atoms in total. The van der Waals surface area contributed by atoms with Gasteiger partial charge in [0.25, 0.3) is 10.0 Å². The Morgan fingerprint density at radius 1 is 1.38 bits per heavy atom. The van der Waals surface area contributed by atoms with E-state index >= 15 is 0 Å². The molecule has 8 heteroatoms. The van der Waals surface area contributed by atoms with Gasteiger partial charge in [0.15, 0.2) is 0 Å². The van der Waals surface area contributed by atoms with Gasteiger partial charge in [-0.3, -0.25) is 4.79 Å². The van der Waals surface area contributed by atoms with Crippen LogP contribution < -0.4 is 10.6 Å². The van der Waals surface area contributed by atoms with E-state index in [0.29, 0.717) is 23.1 Å². The Labute approximate surface area is 147 Å². The molecule has 0 spiro atoms. The Bertz CT molecular complexity index is 701. The maximum absolute atomic E-state index is 12.9. The molecule has 0 aliphatic carbocycles. The van der Waals surface area contributed by atoms with Gasteiger partial charge in [-0.2, -0.15) is 4.31 Å². The molecule has 3 atom stereocenters. The summed E-state index contributed by atoms with van der Waals surface area (Å²) in [7, 11) is -3.59. The molecule has 0 radical (unpaired) electrons. The van der Waals surface area contributed by atoms with Gasteiger partial charge < -0.3 is 10.6 Å². The molecule has 24 heavy (non-hydrogen) atoms. The molecular weight excluding hydrogens is 346 g/mol. The normalized spacial score (nSPS) is 28.8. The predicted molar refractivity (Wildman–Crippen MR) is 94.6 cm³/mol. The van der Waals surface area contributed by atoms with Gasteiger partial charge in [0.05, 0.1) is 0 Å². The highest BCUT2D eigenvalue weighted by molar-refractivity contribution is 7.91. The highest BCUT2D eigenvalue weighted by Crippen LogP contribution is 2.30. The number of sulfonamides is 1. The lowest BCUT2D eigenvalue weighted by Gasteiger charge is -2.32. The van der Waals surface area contributed by atoms with E-state index in [-0.39, 0.29) is 11.9 Å². The third kappa shape index (κ3) is 3.51. The maximum atomic E-state index is 12.9. The standard InChI is InChI=1S/C16H25N3O3S2/c1-11-10-17-8-7-13(11)18-16(20)14-4-3-9-19(14)24(21,22)15-6-5-12(2)23-15/h5-6,11,13-14,17H,3-4,7-10H2,1-2H3,(H,18,20). The van der Waals surface area contributed by atoms with E-state index in [9.17, 15) is 13.2 Å². The van der Waals surface area contributed by atoms with Crippen LogP contribution in [-0.2, 0) is 14.8 Å². The fourth-order valence-corrected chi connectivity index (χ4v) is 6.53. The van der Waals surface area contributed by atoms with Crippen molar-refractivity contribution in [1.82, 2.24) is 14.9 Å². The third-order valence-electron chi connectivity index (χ3n) is 4.90. The summed E-state index contributed by atoms with van der Waals surface area (Å²) in [6, 6.07) is 2.98. The summed E-state index contributed by atoms with van der Waals surface area (Å²) < 4.78 is 27.4. The van der Waals surface area contributed by atoms with Crippen LogP contribution >= 0.6 is 11.3 Å². The lowest BCUT2D eigenvalue weighted by atomic mass is 9.95. The fraction of sp³-hybridized carbons (Fsp3) is 0.688. The van der Waals surface area contributed by atoms with Crippen LogP contribution in [0.1, 0.15) is 31.1 Å². The first-order valence-corrected chi connectivity index (χ1v) is 10.7. The third-order valence-corrected chi connectivity index (χ3v) is 8.27. The first-order chi connectivity index (χ1) is 11.4. The fourth-order valence-electron chi connectivity index (χ4n) is 3.46. The zero-order chi connectivity index (χ0) is 17.3. The van der Waals surface area contributed by atoms with Crippen LogP contribution in [0, 0.1) is 12.8 Å². The van der Waals surface area contributed by atoms with Crippen molar-refractivity contribution in [3.8, 4) is 0 Å². The number of thiophene rings is 1. The molecule has 2 saturated heterocycles. The number of carbonyl (C=O) groups excluding carboxylic acids is 1. The molecule has 1 aromatic heterocycles. The Morgan fingerprint density at radius 3 is 2.83 bits per heavy atom. The second kappa shape index (κ2) is 7.11. The van der Waals surface area contributed by atoms with E-state index in [0.717, 1.165) is 30.8 Å². The largest absolute Gasteiger partial charge is 0.352 e. The van der Waals surface area contributed by atoms with E-state index in [1.165, 1.54) is 15.6 Å². The van der Waals surface area contributed by atoms with Crippen LogP contribution in [0.4, 0.5) is 0 Å². The summed E-state index contributed by atoms with van der Waals surface area (Å²) in [5, 5.41) is 6.40. The van der Waals surface area contributed by atoms with Gasteiger partial charge in [0.2, 0.25) is 5.91 Å². The molecule has 134 valence electrons. The van der Waals surface area contributed by atoms with E-state index in [1.54, 1.807) is 12.1 Å². The Morgan fingerprint density at radius 2 is 2.17 bits per heavy atom. The number of amides is 1. The Kier molecular flexibility index (Phi) is 5.29. The average molecular weight is 372 g/mol. The van der Waals surface area contributed by atoms with Crippen LogP contribution in [0.25, 0.3) is 0 Å². The van der Waals surface area contributed by atoms with E-state index in [2.05, 4.69) is 17.6 Å². The number of hydrogen-bond acceptors (Lipinski definition) is 5. The van der Waals surface area contributed by atoms with E-state index in [1.807, 2.05) is 6.92 Å². The van der Waals surface area contributed by atoms with Crippen molar-refractivity contribution in [2.45, 2.75) is 49.4 Å². The monoisotopic (exact) mass is 371 g/mol. The van der Waals surface area contributed by atoms with Crippen LogP contribution in [0.5, 0.6) is 0 Å². The minimum atomic E-state index is -3.59. The second-order valence-corrected chi connectivity index (χ2v) is 10.1. The Hall–Kier alpha value is -0.960. The summed E-state index contributed by atoms with van der Waals surface area (Å²) in [6.45, 7) is 6.17. The number of rotatable bonds is 4.